The van der Waals surface area contributed by atoms with Crippen molar-refractivity contribution in [3.05, 3.63) is 11.8 Å². The van der Waals surface area contributed by atoms with Crippen molar-refractivity contribution in [1.29, 1.82) is 0 Å². The van der Waals surface area contributed by atoms with E-state index in [4.69, 9.17) is 0 Å². The van der Waals surface area contributed by atoms with Gasteiger partial charge >= 0.3 is 0 Å². The number of nitrogens with one attached hydrogen (secondary N) is 2. The van der Waals surface area contributed by atoms with Crippen molar-refractivity contribution in [2.24, 2.45) is 5.92 Å². The molecule has 1 aromatic rings. The quantitative estimate of drug-likeness (QED) is 0.746. The van der Waals surface area contributed by atoms with Crippen LogP contribution in [0, 0.1) is 12.8 Å². The van der Waals surface area contributed by atoms with Gasteiger partial charge in [0, 0.05) is 24.8 Å². The lowest BCUT2D eigenvalue weighted by molar-refractivity contribution is 0.104. The van der Waals surface area contributed by atoms with Crippen molar-refractivity contribution in [3.63, 3.8) is 0 Å². The Morgan fingerprint density at radius 1 is 1.35 bits per heavy atom. The van der Waals surface area contributed by atoms with Crippen LogP contribution in [0.15, 0.2) is 6.20 Å². The molecule has 0 aliphatic heterocycles. The Hall–Kier alpha value is -1.36. The van der Waals surface area contributed by atoms with E-state index in [0.717, 1.165) is 50.2 Å². The van der Waals surface area contributed by atoms with Gasteiger partial charge in [0.15, 0.2) is 0 Å². The molecule has 1 aliphatic carbocycles. The highest BCUT2D eigenvalue weighted by molar-refractivity contribution is 5.46. The summed E-state index contributed by atoms with van der Waals surface area (Å²) in [6.45, 7) is 5.90. The van der Waals surface area contributed by atoms with Gasteiger partial charge in [0.25, 0.3) is 0 Å². The van der Waals surface area contributed by atoms with Crippen LogP contribution in [0.4, 0.5) is 11.8 Å². The minimum atomic E-state index is -0.121. The van der Waals surface area contributed by atoms with Crippen molar-refractivity contribution in [2.45, 2.75) is 52.1 Å². The van der Waals surface area contributed by atoms with Gasteiger partial charge in [-0.1, -0.05) is 13.3 Å². The van der Waals surface area contributed by atoms with Crippen LogP contribution in [0.3, 0.4) is 0 Å². The molecule has 1 heterocycles. The lowest BCUT2D eigenvalue weighted by Gasteiger charge is -2.26. The minimum Gasteiger partial charge on any atom is -0.393 e. The van der Waals surface area contributed by atoms with Crippen LogP contribution >= 0.6 is 0 Å². The molecule has 1 fully saturated rings. The molecule has 0 radical (unpaired) electrons. The zero-order valence-corrected chi connectivity index (χ0v) is 12.5. The van der Waals surface area contributed by atoms with Crippen LogP contribution in [0.5, 0.6) is 0 Å². The Kier molecular flexibility index (Phi) is 5.59. The summed E-state index contributed by atoms with van der Waals surface area (Å²) in [6.07, 6.45) is 6.95. The van der Waals surface area contributed by atoms with Crippen molar-refractivity contribution >= 4 is 11.8 Å². The normalized spacial score (nSPS) is 22.6. The third kappa shape index (κ3) is 4.34. The fourth-order valence-corrected chi connectivity index (χ4v) is 2.63. The molecular formula is C15H26N4O. The second-order valence-electron chi connectivity index (χ2n) is 5.72. The van der Waals surface area contributed by atoms with Crippen molar-refractivity contribution < 1.29 is 5.11 Å². The zero-order chi connectivity index (χ0) is 14.4. The number of aliphatic hydroxyl groups excluding tert-OH is 1. The molecule has 0 amide bonds. The molecule has 112 valence electrons. The summed E-state index contributed by atoms with van der Waals surface area (Å²) >= 11 is 0. The molecule has 1 aliphatic rings. The first-order chi connectivity index (χ1) is 9.69. The summed E-state index contributed by atoms with van der Waals surface area (Å²) in [5, 5.41) is 16.3. The number of nitrogens with zero attached hydrogens (tertiary/aromatic N) is 2. The first-order valence-corrected chi connectivity index (χ1v) is 7.68. The van der Waals surface area contributed by atoms with Crippen LogP contribution < -0.4 is 10.6 Å². The fourth-order valence-electron chi connectivity index (χ4n) is 2.63. The van der Waals surface area contributed by atoms with E-state index in [2.05, 4.69) is 27.5 Å². The van der Waals surface area contributed by atoms with E-state index >= 15 is 0 Å². The van der Waals surface area contributed by atoms with E-state index in [-0.39, 0.29) is 6.10 Å². The van der Waals surface area contributed by atoms with Crippen LogP contribution in [0.1, 0.15) is 44.6 Å². The molecule has 20 heavy (non-hydrogen) atoms. The third-order valence-corrected chi connectivity index (χ3v) is 3.82. The first kappa shape index (κ1) is 15.0. The average Bonchev–Trinajstić information content (AvgIpc) is 2.45. The Labute approximate surface area is 121 Å². The van der Waals surface area contributed by atoms with E-state index in [0.29, 0.717) is 11.9 Å². The summed E-state index contributed by atoms with van der Waals surface area (Å²) in [6, 6.07) is 0. The Morgan fingerprint density at radius 2 is 2.20 bits per heavy atom. The van der Waals surface area contributed by atoms with Gasteiger partial charge in [-0.3, -0.25) is 0 Å². The SMILES string of the molecule is CCCNc1ncc(C)c(NCC2CCCC(O)C2)n1. The Morgan fingerprint density at radius 3 is 2.95 bits per heavy atom. The molecule has 3 N–H and O–H groups in total. The standard InChI is InChI=1S/C15H26N4O/c1-3-7-16-15-18-9-11(2)14(19-15)17-10-12-5-4-6-13(20)8-12/h9,12-13,20H,3-8,10H2,1-2H3,(H2,16,17,18,19). The molecule has 5 nitrogen and oxygen atoms in total. The summed E-state index contributed by atoms with van der Waals surface area (Å²) in [5.74, 6) is 2.13. The smallest absolute Gasteiger partial charge is 0.224 e. The van der Waals surface area contributed by atoms with Crippen molar-refractivity contribution in [2.75, 3.05) is 23.7 Å². The molecule has 0 bridgehead atoms. The van der Waals surface area contributed by atoms with Crippen molar-refractivity contribution in [3.8, 4) is 0 Å². The molecule has 2 unspecified atom stereocenters. The lowest BCUT2D eigenvalue weighted by Crippen LogP contribution is -2.25. The number of aryl methyl sites for hydroxylation is 1. The van der Waals surface area contributed by atoms with E-state index in [1.54, 1.807) is 0 Å². The molecular weight excluding hydrogens is 252 g/mol. The highest BCUT2D eigenvalue weighted by Gasteiger charge is 2.20. The lowest BCUT2D eigenvalue weighted by atomic mass is 9.87. The van der Waals surface area contributed by atoms with Gasteiger partial charge in [-0.15, -0.1) is 0 Å². The minimum absolute atomic E-state index is 0.121. The Balaban J connectivity index is 1.90. The molecule has 0 saturated heterocycles. The maximum absolute atomic E-state index is 9.71. The highest BCUT2D eigenvalue weighted by atomic mass is 16.3. The van der Waals surface area contributed by atoms with E-state index < -0.39 is 0 Å². The molecule has 2 atom stereocenters. The maximum Gasteiger partial charge on any atom is 0.224 e. The van der Waals surface area contributed by atoms with E-state index in [9.17, 15) is 5.11 Å². The number of rotatable bonds is 6. The predicted molar refractivity (Wildman–Crippen MR) is 82.0 cm³/mol. The van der Waals surface area contributed by atoms with Crippen molar-refractivity contribution in [1.82, 2.24) is 9.97 Å². The summed E-state index contributed by atoms with van der Waals surface area (Å²) < 4.78 is 0. The monoisotopic (exact) mass is 278 g/mol. The number of aliphatic hydroxyl groups is 1. The van der Waals surface area contributed by atoms with Crippen LogP contribution in [0.2, 0.25) is 0 Å². The van der Waals surface area contributed by atoms with Gasteiger partial charge in [0.1, 0.15) is 5.82 Å². The third-order valence-electron chi connectivity index (χ3n) is 3.82. The Bertz CT molecular complexity index is 424. The van der Waals surface area contributed by atoms with Gasteiger partial charge in [0.05, 0.1) is 6.10 Å². The van der Waals surface area contributed by atoms with Gasteiger partial charge in [-0.05, 0) is 38.5 Å². The first-order valence-electron chi connectivity index (χ1n) is 7.68. The summed E-state index contributed by atoms with van der Waals surface area (Å²) in [5.41, 5.74) is 1.06. The predicted octanol–water partition coefficient (Wildman–Crippen LogP) is 2.57. The number of anilines is 2. The van der Waals surface area contributed by atoms with Gasteiger partial charge < -0.3 is 15.7 Å². The van der Waals surface area contributed by atoms with Gasteiger partial charge in [0.2, 0.25) is 5.95 Å². The van der Waals surface area contributed by atoms with Crippen LogP contribution in [-0.2, 0) is 0 Å². The molecule has 5 heteroatoms. The largest absolute Gasteiger partial charge is 0.393 e. The highest BCUT2D eigenvalue weighted by Crippen LogP contribution is 2.24. The van der Waals surface area contributed by atoms with Crippen LogP contribution in [-0.4, -0.2) is 34.3 Å². The molecule has 2 rings (SSSR count). The van der Waals surface area contributed by atoms with E-state index in [1.807, 2.05) is 13.1 Å². The molecule has 1 aromatic heterocycles. The summed E-state index contributed by atoms with van der Waals surface area (Å²) in [4.78, 5) is 8.80. The molecule has 0 aromatic carbocycles. The summed E-state index contributed by atoms with van der Waals surface area (Å²) in [7, 11) is 0. The average molecular weight is 278 g/mol. The zero-order valence-electron chi connectivity index (χ0n) is 12.5. The fraction of sp³-hybridized carbons (Fsp3) is 0.733. The second kappa shape index (κ2) is 7.43. The number of aromatic nitrogens is 2. The van der Waals surface area contributed by atoms with Crippen LogP contribution in [0.25, 0.3) is 0 Å². The van der Waals surface area contributed by atoms with Gasteiger partial charge in [-0.25, -0.2) is 4.98 Å². The topological polar surface area (TPSA) is 70.1 Å². The molecule has 0 spiro atoms. The number of hydrogen-bond donors (Lipinski definition) is 3. The second-order valence-corrected chi connectivity index (χ2v) is 5.72. The maximum atomic E-state index is 9.71. The number of hydrogen-bond acceptors (Lipinski definition) is 5. The molecule has 1 saturated carbocycles. The van der Waals surface area contributed by atoms with E-state index in [1.165, 1.54) is 6.42 Å². The van der Waals surface area contributed by atoms with Gasteiger partial charge in [-0.2, -0.15) is 4.98 Å².